The molecule has 63 heavy (non-hydrogen) atoms. The fraction of sp³-hybridized carbons (Fsp3) is 0.772. The summed E-state index contributed by atoms with van der Waals surface area (Å²) < 4.78 is 16.8. The Bertz CT molecular complexity index is 1150. The van der Waals surface area contributed by atoms with E-state index in [1.807, 2.05) is 0 Å². The van der Waals surface area contributed by atoms with Gasteiger partial charge in [-0.05, 0) is 83.5 Å². The standard InChI is InChI=1S/C57H100O6/c1-4-7-10-13-16-19-22-25-27-28-30-33-35-38-41-44-47-50-56(59)62-53-54(63-57(60)51-48-45-42-39-36-31-24-21-18-15-12-9-6-3)52-61-55(58)49-46-43-40-37-34-32-29-26-23-20-17-14-11-8-5-2/h16,19-20,23,25,27,30,33,38,41,54H,4-15,17-18,21-22,24,26,28-29,31-32,34-37,39-40,42-53H2,1-3H3/b19-16-,23-20-,27-25-,33-30-,41-38-/t54-/m0/s1. The number of esters is 3. The fourth-order valence-electron chi connectivity index (χ4n) is 7.43. The van der Waals surface area contributed by atoms with Crippen molar-refractivity contribution in [3.05, 3.63) is 60.8 Å². The van der Waals surface area contributed by atoms with E-state index in [2.05, 4.69) is 81.5 Å². The van der Waals surface area contributed by atoms with Crippen molar-refractivity contribution in [3.63, 3.8) is 0 Å². The maximum atomic E-state index is 12.8. The summed E-state index contributed by atoms with van der Waals surface area (Å²) in [5, 5.41) is 0. The monoisotopic (exact) mass is 881 g/mol. The van der Waals surface area contributed by atoms with E-state index < -0.39 is 6.10 Å². The van der Waals surface area contributed by atoms with Gasteiger partial charge in [0, 0.05) is 19.3 Å². The molecular formula is C57H100O6. The molecule has 0 amide bonds. The van der Waals surface area contributed by atoms with Gasteiger partial charge in [-0.15, -0.1) is 0 Å². The molecule has 0 saturated carbocycles. The van der Waals surface area contributed by atoms with Crippen molar-refractivity contribution >= 4 is 17.9 Å². The Hall–Kier alpha value is -2.89. The van der Waals surface area contributed by atoms with E-state index in [0.717, 1.165) is 64.2 Å². The molecule has 0 heterocycles. The average molecular weight is 881 g/mol. The summed E-state index contributed by atoms with van der Waals surface area (Å²) >= 11 is 0. The van der Waals surface area contributed by atoms with E-state index in [0.29, 0.717) is 19.3 Å². The first-order chi connectivity index (χ1) is 31.0. The number of rotatable bonds is 48. The second-order valence-electron chi connectivity index (χ2n) is 17.8. The SMILES string of the molecule is CCCCC/C=C\C/C=C\C/C=C\C/C=C\CCCC(=O)OC[C@H](COC(=O)CCCCCCCCC/C=C\CCCCCC)OC(=O)CCCCCCCCCCCCCCC. The highest BCUT2D eigenvalue weighted by Crippen LogP contribution is 2.15. The van der Waals surface area contributed by atoms with Crippen LogP contribution in [0.2, 0.25) is 0 Å². The third-order valence-corrected chi connectivity index (χ3v) is 11.5. The van der Waals surface area contributed by atoms with Crippen LogP contribution in [-0.4, -0.2) is 37.2 Å². The minimum Gasteiger partial charge on any atom is -0.462 e. The molecule has 0 aromatic heterocycles. The summed E-state index contributed by atoms with van der Waals surface area (Å²) in [6.45, 7) is 6.56. The number of allylic oxidation sites excluding steroid dienone is 10. The van der Waals surface area contributed by atoms with Gasteiger partial charge < -0.3 is 14.2 Å². The van der Waals surface area contributed by atoms with E-state index in [1.165, 1.54) is 154 Å². The van der Waals surface area contributed by atoms with Crippen LogP contribution in [0.1, 0.15) is 265 Å². The first-order valence-electron chi connectivity index (χ1n) is 26.8. The molecule has 0 saturated heterocycles. The number of hydrogen-bond acceptors (Lipinski definition) is 6. The lowest BCUT2D eigenvalue weighted by Gasteiger charge is -2.18. The molecule has 0 aliphatic rings. The quantitative estimate of drug-likeness (QED) is 0.0262. The number of hydrogen-bond donors (Lipinski definition) is 0. The molecule has 6 nitrogen and oxygen atoms in total. The normalized spacial score (nSPS) is 12.5. The molecule has 0 rings (SSSR count). The largest absolute Gasteiger partial charge is 0.462 e. The second-order valence-corrected chi connectivity index (χ2v) is 17.8. The van der Waals surface area contributed by atoms with Gasteiger partial charge in [-0.2, -0.15) is 0 Å². The Morgan fingerprint density at radius 2 is 0.587 bits per heavy atom. The Kier molecular flexibility index (Phi) is 49.4. The van der Waals surface area contributed by atoms with Crippen LogP contribution in [-0.2, 0) is 28.6 Å². The Balaban J connectivity index is 4.45. The summed E-state index contributed by atoms with van der Waals surface area (Å²) in [7, 11) is 0. The van der Waals surface area contributed by atoms with Gasteiger partial charge >= 0.3 is 17.9 Å². The van der Waals surface area contributed by atoms with Crippen molar-refractivity contribution in [2.75, 3.05) is 13.2 Å². The highest BCUT2D eigenvalue weighted by Gasteiger charge is 2.19. The lowest BCUT2D eigenvalue weighted by Crippen LogP contribution is -2.30. The fourth-order valence-corrected chi connectivity index (χ4v) is 7.43. The van der Waals surface area contributed by atoms with Gasteiger partial charge in [-0.25, -0.2) is 0 Å². The number of ether oxygens (including phenoxy) is 3. The van der Waals surface area contributed by atoms with Crippen LogP contribution < -0.4 is 0 Å². The summed E-state index contributed by atoms with van der Waals surface area (Å²) in [5.74, 6) is -0.947. The van der Waals surface area contributed by atoms with Crippen molar-refractivity contribution in [1.29, 1.82) is 0 Å². The molecular weight excluding hydrogens is 781 g/mol. The van der Waals surface area contributed by atoms with Gasteiger partial charge in [0.1, 0.15) is 13.2 Å². The Morgan fingerprint density at radius 1 is 0.317 bits per heavy atom. The van der Waals surface area contributed by atoms with Crippen molar-refractivity contribution < 1.29 is 28.6 Å². The molecule has 0 bridgehead atoms. The molecule has 1 atom stereocenters. The summed E-state index contributed by atoms with van der Waals surface area (Å²) in [6.07, 6.45) is 63.5. The predicted molar refractivity (Wildman–Crippen MR) is 270 cm³/mol. The van der Waals surface area contributed by atoms with Gasteiger partial charge in [-0.1, -0.05) is 223 Å². The minimum atomic E-state index is -0.795. The minimum absolute atomic E-state index is 0.0914. The van der Waals surface area contributed by atoms with Gasteiger partial charge in [-0.3, -0.25) is 14.4 Å². The molecule has 6 heteroatoms. The van der Waals surface area contributed by atoms with Crippen molar-refractivity contribution in [3.8, 4) is 0 Å². The third kappa shape index (κ3) is 50.0. The highest BCUT2D eigenvalue weighted by molar-refractivity contribution is 5.71. The molecule has 0 aromatic rings. The Labute approximate surface area is 390 Å². The van der Waals surface area contributed by atoms with Crippen LogP contribution in [0.3, 0.4) is 0 Å². The molecule has 0 aliphatic carbocycles. The van der Waals surface area contributed by atoms with Gasteiger partial charge in [0.05, 0.1) is 0 Å². The van der Waals surface area contributed by atoms with Crippen LogP contribution in [0.15, 0.2) is 60.8 Å². The average Bonchev–Trinajstić information content (AvgIpc) is 3.28. The van der Waals surface area contributed by atoms with Crippen LogP contribution in [0.5, 0.6) is 0 Å². The molecule has 364 valence electrons. The molecule has 0 aliphatic heterocycles. The number of carbonyl (C=O) groups excluding carboxylic acids is 3. The smallest absolute Gasteiger partial charge is 0.306 e. The lowest BCUT2D eigenvalue weighted by molar-refractivity contribution is -0.167. The van der Waals surface area contributed by atoms with E-state index in [1.54, 1.807) is 0 Å². The zero-order valence-corrected chi connectivity index (χ0v) is 41.6. The first kappa shape index (κ1) is 60.1. The zero-order valence-electron chi connectivity index (χ0n) is 41.6. The van der Waals surface area contributed by atoms with Gasteiger partial charge in [0.25, 0.3) is 0 Å². The predicted octanol–water partition coefficient (Wildman–Crippen LogP) is 17.6. The van der Waals surface area contributed by atoms with E-state index in [9.17, 15) is 14.4 Å². The zero-order chi connectivity index (χ0) is 45.8. The Morgan fingerprint density at radius 3 is 1.02 bits per heavy atom. The highest BCUT2D eigenvalue weighted by atomic mass is 16.6. The van der Waals surface area contributed by atoms with Crippen molar-refractivity contribution in [2.24, 2.45) is 0 Å². The van der Waals surface area contributed by atoms with Crippen LogP contribution in [0.25, 0.3) is 0 Å². The third-order valence-electron chi connectivity index (χ3n) is 11.5. The van der Waals surface area contributed by atoms with Crippen LogP contribution in [0.4, 0.5) is 0 Å². The maximum Gasteiger partial charge on any atom is 0.306 e. The van der Waals surface area contributed by atoms with Gasteiger partial charge in [0.2, 0.25) is 0 Å². The number of carbonyl (C=O) groups is 3. The molecule has 0 N–H and O–H groups in total. The molecule has 0 spiro atoms. The molecule has 0 unspecified atom stereocenters. The summed E-state index contributed by atoms with van der Waals surface area (Å²) in [4.78, 5) is 38.0. The van der Waals surface area contributed by atoms with Crippen LogP contribution in [0, 0.1) is 0 Å². The maximum absolute atomic E-state index is 12.8. The number of unbranched alkanes of at least 4 members (excludes halogenated alkanes) is 27. The summed E-state index contributed by atoms with van der Waals surface area (Å²) in [6, 6.07) is 0. The first-order valence-corrected chi connectivity index (χ1v) is 26.8. The van der Waals surface area contributed by atoms with E-state index in [4.69, 9.17) is 14.2 Å². The molecule has 0 aromatic carbocycles. The van der Waals surface area contributed by atoms with E-state index in [-0.39, 0.29) is 37.5 Å². The molecule has 0 radical (unpaired) electrons. The van der Waals surface area contributed by atoms with Crippen LogP contribution >= 0.6 is 0 Å². The lowest BCUT2D eigenvalue weighted by atomic mass is 10.0. The van der Waals surface area contributed by atoms with Crippen molar-refractivity contribution in [2.45, 2.75) is 271 Å². The molecule has 0 fully saturated rings. The second kappa shape index (κ2) is 51.7. The van der Waals surface area contributed by atoms with E-state index >= 15 is 0 Å². The summed E-state index contributed by atoms with van der Waals surface area (Å²) in [5.41, 5.74) is 0. The topological polar surface area (TPSA) is 78.9 Å². The van der Waals surface area contributed by atoms with Crippen molar-refractivity contribution in [1.82, 2.24) is 0 Å². The van der Waals surface area contributed by atoms with Gasteiger partial charge in [0.15, 0.2) is 6.10 Å².